The Morgan fingerprint density at radius 1 is 1.29 bits per heavy atom. The number of pyridine rings is 1. The van der Waals surface area contributed by atoms with Gasteiger partial charge >= 0.3 is 0 Å². The van der Waals surface area contributed by atoms with Crippen LogP contribution in [0.5, 0.6) is 5.75 Å². The van der Waals surface area contributed by atoms with Gasteiger partial charge in [0.1, 0.15) is 11.6 Å². The van der Waals surface area contributed by atoms with E-state index in [4.69, 9.17) is 17.0 Å². The molecule has 0 saturated heterocycles. The van der Waals surface area contributed by atoms with E-state index >= 15 is 0 Å². The van der Waals surface area contributed by atoms with Crippen molar-refractivity contribution < 1.29 is 13.5 Å². The number of benzene rings is 1. The smallest absolute Gasteiger partial charge is 0.171 e. The Morgan fingerprint density at radius 2 is 2.08 bits per heavy atom. The van der Waals surface area contributed by atoms with Crippen LogP contribution in [0.1, 0.15) is 18.1 Å². The van der Waals surface area contributed by atoms with E-state index in [1.165, 1.54) is 12.1 Å². The van der Waals surface area contributed by atoms with Crippen molar-refractivity contribution in [1.29, 1.82) is 0 Å². The van der Waals surface area contributed by atoms with Crippen molar-refractivity contribution in [3.63, 3.8) is 0 Å². The first-order valence-corrected chi connectivity index (χ1v) is 8.00. The molecule has 128 valence electrons. The number of halogens is 2. The Bertz CT molecular complexity index is 725. The molecule has 0 atom stereocenters. The lowest BCUT2D eigenvalue weighted by Gasteiger charge is -2.13. The van der Waals surface area contributed by atoms with E-state index in [2.05, 4.69) is 15.6 Å². The SMILES string of the molecule is CCOc1ccc(F)c(CCNC(=S)Nc2ncccc2C)c1F. The summed E-state index contributed by atoms with van der Waals surface area (Å²) < 4.78 is 33.1. The fourth-order valence-electron chi connectivity index (χ4n) is 2.14. The summed E-state index contributed by atoms with van der Waals surface area (Å²) in [5.41, 5.74) is 0.924. The number of aromatic nitrogens is 1. The molecule has 0 aliphatic carbocycles. The first-order valence-electron chi connectivity index (χ1n) is 7.59. The van der Waals surface area contributed by atoms with E-state index in [1.807, 2.05) is 19.1 Å². The van der Waals surface area contributed by atoms with Gasteiger partial charge in [0.2, 0.25) is 0 Å². The fourth-order valence-corrected chi connectivity index (χ4v) is 2.34. The van der Waals surface area contributed by atoms with Gasteiger partial charge in [0, 0.05) is 18.3 Å². The van der Waals surface area contributed by atoms with Crippen LogP contribution in [-0.4, -0.2) is 23.2 Å². The molecule has 1 aromatic heterocycles. The molecule has 1 aromatic carbocycles. The number of nitrogens with one attached hydrogen (secondary N) is 2. The van der Waals surface area contributed by atoms with E-state index in [1.54, 1.807) is 13.1 Å². The summed E-state index contributed by atoms with van der Waals surface area (Å²) >= 11 is 5.17. The van der Waals surface area contributed by atoms with Crippen molar-refractivity contribution in [3.8, 4) is 5.75 Å². The Balaban J connectivity index is 1.93. The van der Waals surface area contributed by atoms with Crippen molar-refractivity contribution in [2.45, 2.75) is 20.3 Å². The van der Waals surface area contributed by atoms with Gasteiger partial charge in [-0.1, -0.05) is 6.07 Å². The molecule has 2 N–H and O–H groups in total. The monoisotopic (exact) mass is 351 g/mol. The zero-order valence-electron chi connectivity index (χ0n) is 13.5. The Kier molecular flexibility index (Phi) is 6.43. The van der Waals surface area contributed by atoms with Gasteiger partial charge in [-0.25, -0.2) is 13.8 Å². The van der Waals surface area contributed by atoms with Crippen LogP contribution in [0.15, 0.2) is 30.5 Å². The van der Waals surface area contributed by atoms with Crippen LogP contribution in [0.3, 0.4) is 0 Å². The van der Waals surface area contributed by atoms with E-state index in [0.29, 0.717) is 17.5 Å². The third kappa shape index (κ3) is 4.61. The van der Waals surface area contributed by atoms with Gasteiger partial charge in [-0.15, -0.1) is 0 Å². The Morgan fingerprint density at radius 3 is 2.79 bits per heavy atom. The molecule has 0 aliphatic heterocycles. The third-order valence-electron chi connectivity index (χ3n) is 3.35. The number of hydrogen-bond donors (Lipinski definition) is 2. The molecule has 0 amide bonds. The minimum atomic E-state index is -0.668. The standard InChI is InChI=1S/C17H19F2N3OS/c1-3-23-14-7-6-13(18)12(15(14)19)8-10-21-17(24)22-16-11(2)5-4-9-20-16/h4-7,9H,3,8,10H2,1-2H3,(H2,20,21,22,24). The summed E-state index contributed by atoms with van der Waals surface area (Å²) in [6.45, 7) is 4.24. The zero-order chi connectivity index (χ0) is 17.5. The third-order valence-corrected chi connectivity index (χ3v) is 3.60. The van der Waals surface area contributed by atoms with Crippen molar-refractivity contribution in [3.05, 3.63) is 53.2 Å². The summed E-state index contributed by atoms with van der Waals surface area (Å²) in [6, 6.07) is 6.23. The van der Waals surface area contributed by atoms with E-state index in [-0.39, 0.29) is 24.3 Å². The highest BCUT2D eigenvalue weighted by molar-refractivity contribution is 7.80. The molecular formula is C17H19F2N3OS. The number of hydrogen-bond acceptors (Lipinski definition) is 3. The molecule has 2 rings (SSSR count). The summed E-state index contributed by atoms with van der Waals surface area (Å²) in [6.07, 6.45) is 1.80. The number of nitrogens with zero attached hydrogens (tertiary/aromatic N) is 1. The topological polar surface area (TPSA) is 46.2 Å². The average Bonchev–Trinajstić information content (AvgIpc) is 2.55. The Labute approximate surface area is 145 Å². The lowest BCUT2D eigenvalue weighted by atomic mass is 10.1. The predicted octanol–water partition coefficient (Wildman–Crippen LogP) is 3.60. The van der Waals surface area contributed by atoms with Crippen molar-refractivity contribution in [2.75, 3.05) is 18.5 Å². The zero-order valence-corrected chi connectivity index (χ0v) is 14.3. The minimum absolute atomic E-state index is 0.0229. The summed E-state index contributed by atoms with van der Waals surface area (Å²) in [5, 5.41) is 6.22. The first kappa shape index (κ1) is 18.1. The lowest BCUT2D eigenvalue weighted by Crippen LogP contribution is -2.31. The highest BCUT2D eigenvalue weighted by Gasteiger charge is 2.14. The number of thiocarbonyl (C=S) groups is 1. The van der Waals surface area contributed by atoms with Crippen molar-refractivity contribution >= 4 is 23.1 Å². The van der Waals surface area contributed by atoms with E-state index < -0.39 is 11.6 Å². The summed E-state index contributed by atoms with van der Waals surface area (Å²) in [4.78, 5) is 4.17. The predicted molar refractivity (Wildman–Crippen MR) is 94.4 cm³/mol. The average molecular weight is 351 g/mol. The van der Waals surface area contributed by atoms with Crippen LogP contribution in [-0.2, 0) is 6.42 Å². The molecule has 0 fully saturated rings. The second-order valence-electron chi connectivity index (χ2n) is 5.07. The second-order valence-corrected chi connectivity index (χ2v) is 5.48. The number of rotatable bonds is 6. The van der Waals surface area contributed by atoms with Crippen LogP contribution >= 0.6 is 12.2 Å². The van der Waals surface area contributed by atoms with Crippen LogP contribution in [0, 0.1) is 18.6 Å². The number of aryl methyl sites for hydroxylation is 1. The number of ether oxygens (including phenoxy) is 1. The van der Waals surface area contributed by atoms with Gasteiger partial charge in [0.25, 0.3) is 0 Å². The van der Waals surface area contributed by atoms with Crippen molar-refractivity contribution in [2.24, 2.45) is 0 Å². The fraction of sp³-hybridized carbons (Fsp3) is 0.294. The molecule has 0 unspecified atom stereocenters. The highest BCUT2D eigenvalue weighted by Crippen LogP contribution is 2.23. The molecule has 0 saturated carbocycles. The molecule has 4 nitrogen and oxygen atoms in total. The van der Waals surface area contributed by atoms with E-state index in [9.17, 15) is 8.78 Å². The molecule has 0 aliphatic rings. The largest absolute Gasteiger partial charge is 0.491 e. The number of anilines is 1. The van der Waals surface area contributed by atoms with Gasteiger partial charge in [0.05, 0.1) is 6.61 Å². The van der Waals surface area contributed by atoms with Gasteiger partial charge in [-0.05, 0) is 56.2 Å². The lowest BCUT2D eigenvalue weighted by molar-refractivity contribution is 0.318. The molecule has 24 heavy (non-hydrogen) atoms. The second kappa shape index (κ2) is 8.54. The maximum atomic E-state index is 14.2. The first-order chi connectivity index (χ1) is 11.5. The molecule has 0 bridgehead atoms. The molecule has 1 heterocycles. The van der Waals surface area contributed by atoms with Crippen LogP contribution in [0.2, 0.25) is 0 Å². The molecule has 0 radical (unpaired) electrons. The van der Waals surface area contributed by atoms with Crippen LogP contribution in [0.4, 0.5) is 14.6 Å². The molecule has 2 aromatic rings. The van der Waals surface area contributed by atoms with E-state index in [0.717, 1.165) is 5.56 Å². The maximum absolute atomic E-state index is 14.2. The molecule has 0 spiro atoms. The summed E-state index contributed by atoms with van der Waals surface area (Å²) in [7, 11) is 0. The minimum Gasteiger partial charge on any atom is -0.491 e. The van der Waals surface area contributed by atoms with Crippen molar-refractivity contribution in [1.82, 2.24) is 10.3 Å². The van der Waals surface area contributed by atoms with Gasteiger partial charge < -0.3 is 15.4 Å². The van der Waals surface area contributed by atoms with Gasteiger partial charge in [0.15, 0.2) is 16.7 Å². The Hall–Kier alpha value is -2.28. The molecule has 7 heteroatoms. The summed E-state index contributed by atoms with van der Waals surface area (Å²) in [5.74, 6) is -0.570. The highest BCUT2D eigenvalue weighted by atomic mass is 32.1. The van der Waals surface area contributed by atoms with Crippen LogP contribution < -0.4 is 15.4 Å². The van der Waals surface area contributed by atoms with Gasteiger partial charge in [-0.2, -0.15) is 0 Å². The normalized spacial score (nSPS) is 10.3. The molecular weight excluding hydrogens is 332 g/mol. The quantitative estimate of drug-likeness (QED) is 0.779. The van der Waals surface area contributed by atoms with Crippen LogP contribution in [0.25, 0.3) is 0 Å². The van der Waals surface area contributed by atoms with Gasteiger partial charge in [-0.3, -0.25) is 0 Å². The maximum Gasteiger partial charge on any atom is 0.171 e.